The van der Waals surface area contributed by atoms with Crippen LogP contribution in [0, 0.1) is 5.92 Å². The van der Waals surface area contributed by atoms with Crippen LogP contribution in [0.15, 0.2) is 16.5 Å². The second-order valence-corrected chi connectivity index (χ2v) is 5.62. The van der Waals surface area contributed by atoms with Crippen LogP contribution in [-0.2, 0) is 16.0 Å². The van der Waals surface area contributed by atoms with E-state index in [1.807, 2.05) is 11.0 Å². The zero-order valence-electron chi connectivity index (χ0n) is 11.4. The summed E-state index contributed by atoms with van der Waals surface area (Å²) in [4.78, 5) is 13.9. The number of furan rings is 1. The van der Waals surface area contributed by atoms with Gasteiger partial charge in [-0.15, -0.1) is 0 Å². The minimum atomic E-state index is 0.209. The number of aryl methyl sites for hydroxylation is 1. The van der Waals surface area contributed by atoms with Gasteiger partial charge in [-0.05, 0) is 24.5 Å². The van der Waals surface area contributed by atoms with Crippen LogP contribution < -0.4 is 0 Å². The Morgan fingerprint density at radius 1 is 1.37 bits per heavy atom. The Balaban J connectivity index is 1.48. The van der Waals surface area contributed by atoms with E-state index in [0.29, 0.717) is 32.0 Å². The number of hydrogen-bond donors (Lipinski definition) is 0. The van der Waals surface area contributed by atoms with E-state index < -0.39 is 0 Å². The average molecular weight is 263 g/mol. The Labute approximate surface area is 113 Å². The van der Waals surface area contributed by atoms with Gasteiger partial charge in [0.2, 0.25) is 5.91 Å². The third kappa shape index (κ3) is 3.00. The SMILES string of the molecule is C[C@@H]1C[C@H]1c1ccc(CCC(=O)N2CCOCC2)o1. The van der Waals surface area contributed by atoms with E-state index in [4.69, 9.17) is 9.15 Å². The van der Waals surface area contributed by atoms with Gasteiger partial charge in [-0.1, -0.05) is 6.92 Å². The van der Waals surface area contributed by atoms with E-state index in [0.717, 1.165) is 30.5 Å². The van der Waals surface area contributed by atoms with Crippen molar-refractivity contribution < 1.29 is 13.9 Å². The first kappa shape index (κ1) is 12.7. The van der Waals surface area contributed by atoms with Crippen molar-refractivity contribution in [2.24, 2.45) is 5.92 Å². The minimum Gasteiger partial charge on any atom is -0.466 e. The number of carbonyl (C=O) groups excluding carboxylic acids is 1. The van der Waals surface area contributed by atoms with E-state index in [2.05, 4.69) is 13.0 Å². The number of carbonyl (C=O) groups is 1. The number of hydrogen-bond acceptors (Lipinski definition) is 3. The molecule has 2 atom stereocenters. The van der Waals surface area contributed by atoms with Crippen LogP contribution in [0.1, 0.15) is 37.2 Å². The van der Waals surface area contributed by atoms with Crippen molar-refractivity contribution in [3.05, 3.63) is 23.7 Å². The summed E-state index contributed by atoms with van der Waals surface area (Å²) in [7, 11) is 0. The molecule has 2 heterocycles. The standard InChI is InChI=1S/C15H21NO3/c1-11-10-13(11)14-4-2-12(19-14)3-5-15(17)16-6-8-18-9-7-16/h2,4,11,13H,3,5-10H2,1H3/t11-,13-/m1/s1. The number of amides is 1. The van der Waals surface area contributed by atoms with E-state index >= 15 is 0 Å². The second-order valence-electron chi connectivity index (χ2n) is 5.62. The molecule has 4 nitrogen and oxygen atoms in total. The molecule has 1 aliphatic heterocycles. The van der Waals surface area contributed by atoms with E-state index in [9.17, 15) is 4.79 Å². The molecule has 0 unspecified atom stereocenters. The maximum atomic E-state index is 12.0. The first-order chi connectivity index (χ1) is 9.24. The van der Waals surface area contributed by atoms with Gasteiger partial charge in [0.25, 0.3) is 0 Å². The Hall–Kier alpha value is -1.29. The van der Waals surface area contributed by atoms with Gasteiger partial charge in [-0.2, -0.15) is 0 Å². The average Bonchev–Trinajstić information content (AvgIpc) is 3.00. The van der Waals surface area contributed by atoms with Crippen molar-refractivity contribution in [2.45, 2.75) is 32.1 Å². The summed E-state index contributed by atoms with van der Waals surface area (Å²) < 4.78 is 11.1. The minimum absolute atomic E-state index is 0.209. The molecule has 0 N–H and O–H groups in total. The van der Waals surface area contributed by atoms with Crippen LogP contribution in [0.4, 0.5) is 0 Å². The van der Waals surface area contributed by atoms with Crippen LogP contribution in [0.2, 0.25) is 0 Å². The smallest absolute Gasteiger partial charge is 0.223 e. The normalized spacial score (nSPS) is 26.5. The largest absolute Gasteiger partial charge is 0.466 e. The molecule has 4 heteroatoms. The molecular weight excluding hydrogens is 242 g/mol. The zero-order chi connectivity index (χ0) is 13.2. The molecule has 0 aromatic carbocycles. The molecule has 0 radical (unpaired) electrons. The van der Waals surface area contributed by atoms with Crippen molar-refractivity contribution in [1.29, 1.82) is 0 Å². The van der Waals surface area contributed by atoms with Crippen molar-refractivity contribution in [3.8, 4) is 0 Å². The Kier molecular flexibility index (Phi) is 3.60. The van der Waals surface area contributed by atoms with Crippen molar-refractivity contribution in [3.63, 3.8) is 0 Å². The molecule has 1 amide bonds. The molecule has 1 aromatic rings. The molecule has 1 saturated heterocycles. The highest BCUT2D eigenvalue weighted by molar-refractivity contribution is 5.76. The van der Waals surface area contributed by atoms with Crippen LogP contribution >= 0.6 is 0 Å². The maximum absolute atomic E-state index is 12.0. The summed E-state index contributed by atoms with van der Waals surface area (Å²) in [6, 6.07) is 4.09. The summed E-state index contributed by atoms with van der Waals surface area (Å²) in [6.45, 7) is 5.02. The Bertz CT molecular complexity index is 448. The second kappa shape index (κ2) is 5.37. The fourth-order valence-corrected chi connectivity index (χ4v) is 2.65. The van der Waals surface area contributed by atoms with Crippen LogP contribution in [0.5, 0.6) is 0 Å². The predicted molar refractivity (Wildman–Crippen MR) is 71.0 cm³/mol. The predicted octanol–water partition coefficient (Wildman–Crippen LogP) is 2.19. The summed E-state index contributed by atoms with van der Waals surface area (Å²) >= 11 is 0. The van der Waals surface area contributed by atoms with Gasteiger partial charge in [-0.3, -0.25) is 4.79 Å². The number of morpholine rings is 1. The summed E-state index contributed by atoms with van der Waals surface area (Å²) in [5.41, 5.74) is 0. The van der Waals surface area contributed by atoms with Gasteiger partial charge in [-0.25, -0.2) is 0 Å². The van der Waals surface area contributed by atoms with Gasteiger partial charge in [0.1, 0.15) is 11.5 Å². The summed E-state index contributed by atoms with van der Waals surface area (Å²) in [6.07, 6.45) is 2.48. The van der Waals surface area contributed by atoms with Crippen molar-refractivity contribution >= 4 is 5.91 Å². The molecule has 19 heavy (non-hydrogen) atoms. The Morgan fingerprint density at radius 3 is 2.79 bits per heavy atom. The molecule has 1 aliphatic carbocycles. The quantitative estimate of drug-likeness (QED) is 0.836. The highest BCUT2D eigenvalue weighted by Crippen LogP contribution is 2.47. The molecule has 0 spiro atoms. The fraction of sp³-hybridized carbons (Fsp3) is 0.667. The number of rotatable bonds is 4. The fourth-order valence-electron chi connectivity index (χ4n) is 2.65. The third-order valence-corrected chi connectivity index (χ3v) is 4.11. The van der Waals surface area contributed by atoms with Gasteiger partial charge >= 0.3 is 0 Å². The molecule has 3 rings (SSSR count). The molecule has 1 saturated carbocycles. The van der Waals surface area contributed by atoms with E-state index in [1.54, 1.807) is 0 Å². The lowest BCUT2D eigenvalue weighted by atomic mass is 10.2. The van der Waals surface area contributed by atoms with Crippen LogP contribution in [0.3, 0.4) is 0 Å². The lowest BCUT2D eigenvalue weighted by molar-refractivity contribution is -0.135. The van der Waals surface area contributed by atoms with Crippen LogP contribution in [0.25, 0.3) is 0 Å². The lowest BCUT2D eigenvalue weighted by Gasteiger charge is -2.26. The van der Waals surface area contributed by atoms with Gasteiger partial charge in [0, 0.05) is 31.8 Å². The molecule has 2 fully saturated rings. The molecule has 1 aromatic heterocycles. The topological polar surface area (TPSA) is 42.7 Å². The first-order valence-electron chi connectivity index (χ1n) is 7.18. The Morgan fingerprint density at radius 2 is 2.11 bits per heavy atom. The van der Waals surface area contributed by atoms with Gasteiger partial charge < -0.3 is 14.1 Å². The monoisotopic (exact) mass is 263 g/mol. The van der Waals surface area contributed by atoms with Crippen molar-refractivity contribution in [1.82, 2.24) is 4.90 Å². The number of nitrogens with zero attached hydrogens (tertiary/aromatic N) is 1. The lowest BCUT2D eigenvalue weighted by Crippen LogP contribution is -2.40. The number of ether oxygens (including phenoxy) is 1. The molecular formula is C15H21NO3. The highest BCUT2D eigenvalue weighted by atomic mass is 16.5. The first-order valence-corrected chi connectivity index (χ1v) is 7.18. The molecule has 104 valence electrons. The van der Waals surface area contributed by atoms with Gasteiger partial charge in [0.15, 0.2) is 0 Å². The van der Waals surface area contributed by atoms with E-state index in [-0.39, 0.29) is 5.91 Å². The molecule has 0 bridgehead atoms. The molecule has 2 aliphatic rings. The maximum Gasteiger partial charge on any atom is 0.223 e. The van der Waals surface area contributed by atoms with E-state index in [1.165, 1.54) is 6.42 Å². The zero-order valence-corrected chi connectivity index (χ0v) is 11.4. The summed E-state index contributed by atoms with van der Waals surface area (Å²) in [5, 5.41) is 0. The van der Waals surface area contributed by atoms with Gasteiger partial charge in [0.05, 0.1) is 13.2 Å². The van der Waals surface area contributed by atoms with Crippen LogP contribution in [-0.4, -0.2) is 37.1 Å². The highest BCUT2D eigenvalue weighted by Gasteiger charge is 2.36. The van der Waals surface area contributed by atoms with Crippen molar-refractivity contribution in [2.75, 3.05) is 26.3 Å². The summed E-state index contributed by atoms with van der Waals surface area (Å²) in [5.74, 6) is 3.62. The third-order valence-electron chi connectivity index (χ3n) is 4.11.